The predicted molar refractivity (Wildman–Crippen MR) is 84.7 cm³/mol. The summed E-state index contributed by atoms with van der Waals surface area (Å²) in [6, 6.07) is 7.97. The van der Waals surface area contributed by atoms with E-state index in [2.05, 4.69) is 32.2 Å². The molecular formula is C17H26N2O2. The molecule has 0 aliphatic carbocycles. The lowest BCUT2D eigenvalue weighted by Gasteiger charge is -2.31. The number of amides is 1. The van der Waals surface area contributed by atoms with E-state index >= 15 is 0 Å². The van der Waals surface area contributed by atoms with Gasteiger partial charge in [0.15, 0.2) is 6.10 Å². The molecule has 116 valence electrons. The van der Waals surface area contributed by atoms with Crippen LogP contribution in [0.5, 0.6) is 5.75 Å². The fourth-order valence-corrected chi connectivity index (χ4v) is 2.57. The smallest absolute Gasteiger partial charge is 0.263 e. The third kappa shape index (κ3) is 3.97. The Balaban J connectivity index is 2.09. The van der Waals surface area contributed by atoms with Crippen molar-refractivity contribution in [2.45, 2.75) is 39.2 Å². The Labute approximate surface area is 127 Å². The minimum absolute atomic E-state index is 0.00555. The zero-order valence-corrected chi connectivity index (χ0v) is 13.5. The molecule has 1 heterocycles. The van der Waals surface area contributed by atoms with E-state index in [1.54, 1.807) is 0 Å². The normalized spacial score (nSPS) is 17.4. The van der Waals surface area contributed by atoms with E-state index in [-0.39, 0.29) is 11.3 Å². The Hall–Kier alpha value is -1.55. The third-order valence-corrected chi connectivity index (χ3v) is 3.78. The molecule has 0 aromatic heterocycles. The average molecular weight is 290 g/mol. The molecule has 1 atom stereocenters. The van der Waals surface area contributed by atoms with E-state index in [0.717, 1.165) is 37.5 Å². The fraction of sp³-hybridized carbons (Fsp3) is 0.588. The largest absolute Gasteiger partial charge is 0.481 e. The van der Waals surface area contributed by atoms with Crippen molar-refractivity contribution in [3.8, 4) is 5.75 Å². The first-order valence-corrected chi connectivity index (χ1v) is 7.65. The number of hydrogen-bond donors (Lipinski definition) is 1. The maximum atomic E-state index is 12.4. The van der Waals surface area contributed by atoms with Crippen LogP contribution in [0.25, 0.3) is 0 Å². The van der Waals surface area contributed by atoms with Gasteiger partial charge in [-0.05, 0) is 24.0 Å². The number of piperazine rings is 1. The quantitative estimate of drug-likeness (QED) is 0.928. The third-order valence-electron chi connectivity index (χ3n) is 3.78. The zero-order valence-electron chi connectivity index (χ0n) is 13.5. The van der Waals surface area contributed by atoms with E-state index in [1.165, 1.54) is 0 Å². The van der Waals surface area contributed by atoms with Gasteiger partial charge in [0, 0.05) is 26.2 Å². The van der Waals surface area contributed by atoms with Crippen molar-refractivity contribution in [2.24, 2.45) is 0 Å². The summed E-state index contributed by atoms with van der Waals surface area (Å²) in [6.45, 7) is 11.5. The van der Waals surface area contributed by atoms with Crippen LogP contribution in [0.3, 0.4) is 0 Å². The summed E-state index contributed by atoms with van der Waals surface area (Å²) < 4.78 is 5.98. The molecule has 1 saturated heterocycles. The van der Waals surface area contributed by atoms with Crippen molar-refractivity contribution in [2.75, 3.05) is 26.2 Å². The van der Waals surface area contributed by atoms with Gasteiger partial charge in [0.25, 0.3) is 5.91 Å². The van der Waals surface area contributed by atoms with Crippen molar-refractivity contribution in [1.29, 1.82) is 0 Å². The molecule has 1 amide bonds. The van der Waals surface area contributed by atoms with Crippen LogP contribution >= 0.6 is 0 Å². The van der Waals surface area contributed by atoms with Gasteiger partial charge >= 0.3 is 0 Å². The Morgan fingerprint density at radius 2 is 1.86 bits per heavy atom. The highest BCUT2D eigenvalue weighted by atomic mass is 16.5. The Kier molecular flexibility index (Phi) is 4.88. The van der Waals surface area contributed by atoms with Crippen LogP contribution in [0.1, 0.15) is 33.3 Å². The second-order valence-corrected chi connectivity index (χ2v) is 6.58. The Morgan fingerprint density at radius 3 is 2.48 bits per heavy atom. The van der Waals surface area contributed by atoms with E-state index in [9.17, 15) is 4.79 Å². The summed E-state index contributed by atoms with van der Waals surface area (Å²) in [5.74, 6) is 0.876. The number of carbonyl (C=O) groups is 1. The molecule has 1 aliphatic heterocycles. The maximum absolute atomic E-state index is 12.4. The molecule has 1 aromatic rings. The van der Waals surface area contributed by atoms with Crippen LogP contribution in [-0.4, -0.2) is 43.1 Å². The summed E-state index contributed by atoms with van der Waals surface area (Å²) in [5, 5.41) is 3.25. The number of para-hydroxylation sites is 1. The monoisotopic (exact) mass is 290 g/mol. The van der Waals surface area contributed by atoms with Crippen LogP contribution in [0.15, 0.2) is 24.3 Å². The molecule has 2 rings (SSSR count). The van der Waals surface area contributed by atoms with Gasteiger partial charge in [-0.2, -0.15) is 0 Å². The number of ether oxygens (including phenoxy) is 1. The summed E-state index contributed by atoms with van der Waals surface area (Å²) in [4.78, 5) is 14.3. The van der Waals surface area contributed by atoms with Crippen molar-refractivity contribution in [1.82, 2.24) is 10.2 Å². The Morgan fingerprint density at radius 1 is 1.24 bits per heavy atom. The molecule has 0 saturated carbocycles. The van der Waals surface area contributed by atoms with Crippen LogP contribution in [-0.2, 0) is 10.2 Å². The van der Waals surface area contributed by atoms with E-state index in [4.69, 9.17) is 4.74 Å². The molecule has 4 heteroatoms. The first kappa shape index (κ1) is 15.8. The lowest BCUT2D eigenvalue weighted by molar-refractivity contribution is -0.138. The molecule has 1 unspecified atom stereocenters. The second kappa shape index (κ2) is 6.48. The summed E-state index contributed by atoms with van der Waals surface area (Å²) in [7, 11) is 0. The minimum Gasteiger partial charge on any atom is -0.481 e. The number of rotatable bonds is 3. The van der Waals surface area contributed by atoms with Crippen LogP contribution in [0.4, 0.5) is 0 Å². The second-order valence-electron chi connectivity index (χ2n) is 6.58. The zero-order chi connectivity index (χ0) is 15.5. The minimum atomic E-state index is -0.452. The molecule has 0 bridgehead atoms. The molecule has 1 N–H and O–H groups in total. The molecular weight excluding hydrogens is 264 g/mol. The maximum Gasteiger partial charge on any atom is 0.263 e. The molecule has 1 aliphatic rings. The van der Waals surface area contributed by atoms with Gasteiger partial charge < -0.3 is 15.0 Å². The summed E-state index contributed by atoms with van der Waals surface area (Å²) in [6.07, 6.45) is -0.452. The number of hydrogen-bond acceptors (Lipinski definition) is 3. The van der Waals surface area contributed by atoms with E-state index in [0.29, 0.717) is 0 Å². The summed E-state index contributed by atoms with van der Waals surface area (Å²) >= 11 is 0. The first-order valence-electron chi connectivity index (χ1n) is 7.65. The van der Waals surface area contributed by atoms with Gasteiger partial charge in [-0.25, -0.2) is 0 Å². The highest BCUT2D eigenvalue weighted by Crippen LogP contribution is 2.31. The summed E-state index contributed by atoms with van der Waals surface area (Å²) in [5.41, 5.74) is 1.12. The average Bonchev–Trinajstić information content (AvgIpc) is 2.47. The molecule has 1 aromatic carbocycles. The molecule has 4 nitrogen and oxygen atoms in total. The van der Waals surface area contributed by atoms with Crippen LogP contribution in [0, 0.1) is 0 Å². The molecule has 0 radical (unpaired) electrons. The number of benzene rings is 1. The first-order chi connectivity index (χ1) is 9.89. The van der Waals surface area contributed by atoms with Gasteiger partial charge in [-0.3, -0.25) is 4.79 Å². The van der Waals surface area contributed by atoms with Gasteiger partial charge in [0.05, 0.1) is 0 Å². The lowest BCUT2D eigenvalue weighted by atomic mass is 9.86. The van der Waals surface area contributed by atoms with E-state index < -0.39 is 6.10 Å². The number of nitrogens with one attached hydrogen (secondary N) is 1. The number of nitrogens with zero attached hydrogens (tertiary/aromatic N) is 1. The molecule has 1 fully saturated rings. The molecule has 21 heavy (non-hydrogen) atoms. The Bertz CT molecular complexity index is 488. The highest BCUT2D eigenvalue weighted by molar-refractivity contribution is 5.81. The number of carbonyl (C=O) groups excluding carboxylic acids is 1. The van der Waals surface area contributed by atoms with Crippen molar-refractivity contribution in [3.05, 3.63) is 29.8 Å². The SMILES string of the molecule is CC(Oc1ccccc1C(C)(C)C)C(=O)N1CCNCC1. The van der Waals surface area contributed by atoms with Crippen molar-refractivity contribution < 1.29 is 9.53 Å². The van der Waals surface area contributed by atoms with Gasteiger partial charge in [0.1, 0.15) is 5.75 Å². The standard InChI is InChI=1S/C17H26N2O2/c1-13(16(20)19-11-9-18-10-12-19)21-15-8-6-5-7-14(15)17(2,3)4/h5-8,13,18H,9-12H2,1-4H3. The predicted octanol–water partition coefficient (Wildman–Crippen LogP) is 2.18. The topological polar surface area (TPSA) is 41.6 Å². The fourth-order valence-electron chi connectivity index (χ4n) is 2.57. The van der Waals surface area contributed by atoms with Gasteiger partial charge in [0.2, 0.25) is 0 Å². The highest BCUT2D eigenvalue weighted by Gasteiger charge is 2.25. The van der Waals surface area contributed by atoms with Gasteiger partial charge in [-0.1, -0.05) is 39.0 Å². The van der Waals surface area contributed by atoms with Crippen LogP contribution in [0.2, 0.25) is 0 Å². The van der Waals surface area contributed by atoms with Crippen molar-refractivity contribution >= 4 is 5.91 Å². The van der Waals surface area contributed by atoms with Gasteiger partial charge in [-0.15, -0.1) is 0 Å². The van der Waals surface area contributed by atoms with E-state index in [1.807, 2.05) is 30.0 Å². The lowest BCUT2D eigenvalue weighted by Crippen LogP contribution is -2.50. The van der Waals surface area contributed by atoms with Crippen molar-refractivity contribution in [3.63, 3.8) is 0 Å². The molecule has 0 spiro atoms. The van der Waals surface area contributed by atoms with Crippen LogP contribution < -0.4 is 10.1 Å².